The molecule has 0 saturated carbocycles. The van der Waals surface area contributed by atoms with Gasteiger partial charge in [-0.1, -0.05) is 25.1 Å². The molecule has 3 aromatic rings. The molecule has 5 nitrogen and oxygen atoms in total. The van der Waals surface area contributed by atoms with Crippen LogP contribution in [-0.4, -0.2) is 21.5 Å². The Balaban J connectivity index is 1.99. The molecule has 0 aliphatic heterocycles. The number of anilines is 1. The highest BCUT2D eigenvalue weighted by Gasteiger charge is 2.17. The Bertz CT molecular complexity index is 751. The van der Waals surface area contributed by atoms with Crippen LogP contribution in [-0.2, 0) is 0 Å². The van der Waals surface area contributed by atoms with Gasteiger partial charge in [0.05, 0.1) is 11.7 Å². The van der Waals surface area contributed by atoms with E-state index in [0.717, 1.165) is 29.6 Å². The van der Waals surface area contributed by atoms with Gasteiger partial charge in [-0.05, 0) is 24.6 Å². The molecule has 2 heterocycles. The quantitative estimate of drug-likeness (QED) is 0.703. The Hall–Kier alpha value is -2.69. The molecule has 0 saturated heterocycles. The lowest BCUT2D eigenvalue weighted by Crippen LogP contribution is -2.11. The number of aromatic amines is 1. The fourth-order valence-corrected chi connectivity index (χ4v) is 2.45. The average Bonchev–Trinajstić information content (AvgIpc) is 2.97. The summed E-state index contributed by atoms with van der Waals surface area (Å²) in [4.78, 5) is 15.4. The summed E-state index contributed by atoms with van der Waals surface area (Å²) in [5.74, 6) is 0.818. The maximum atomic E-state index is 11.1. The zero-order valence-electron chi connectivity index (χ0n) is 11.7. The number of hydrogen-bond acceptors (Lipinski definition) is 4. The first-order chi connectivity index (χ1) is 10.3. The highest BCUT2D eigenvalue weighted by atomic mass is 16.1. The molecule has 0 bridgehead atoms. The van der Waals surface area contributed by atoms with Gasteiger partial charge < -0.3 is 5.32 Å². The van der Waals surface area contributed by atoms with Crippen molar-refractivity contribution in [3.63, 3.8) is 0 Å². The lowest BCUT2D eigenvalue weighted by atomic mass is 10.0. The number of nitrogens with one attached hydrogen (secondary N) is 2. The van der Waals surface area contributed by atoms with Crippen molar-refractivity contribution in [2.24, 2.45) is 0 Å². The molecular weight excluding hydrogens is 264 g/mol. The molecule has 106 valence electrons. The van der Waals surface area contributed by atoms with E-state index in [1.54, 1.807) is 12.3 Å². The third-order valence-corrected chi connectivity index (χ3v) is 3.52. The number of benzene rings is 1. The van der Waals surface area contributed by atoms with E-state index in [2.05, 4.69) is 27.4 Å². The van der Waals surface area contributed by atoms with Crippen molar-refractivity contribution in [3.8, 4) is 0 Å². The largest absolute Gasteiger partial charge is 0.362 e. The molecule has 0 spiro atoms. The SMILES string of the molecule is CCC(Nc1ccccn1)c1[nH]nc2c(C=O)cccc12. The number of carbonyl (C=O) groups excluding carboxylic acids is 1. The van der Waals surface area contributed by atoms with Gasteiger partial charge in [-0.15, -0.1) is 0 Å². The van der Waals surface area contributed by atoms with Crippen LogP contribution in [0.4, 0.5) is 5.82 Å². The second-order valence-electron chi connectivity index (χ2n) is 4.82. The zero-order valence-corrected chi connectivity index (χ0v) is 11.7. The second-order valence-corrected chi connectivity index (χ2v) is 4.82. The van der Waals surface area contributed by atoms with Crippen LogP contribution in [0, 0.1) is 0 Å². The molecule has 2 N–H and O–H groups in total. The molecular formula is C16H16N4O. The number of carbonyl (C=O) groups is 1. The standard InChI is InChI=1S/C16H16N4O/c1-2-13(18-14-8-3-4-9-17-14)16-12-7-5-6-11(10-21)15(12)19-20-16/h3-10,13H,2H2,1H3,(H,17,18)(H,19,20). The number of aldehydes is 1. The first kappa shape index (κ1) is 13.3. The maximum Gasteiger partial charge on any atom is 0.152 e. The number of para-hydroxylation sites is 1. The smallest absolute Gasteiger partial charge is 0.152 e. The molecule has 3 rings (SSSR count). The van der Waals surface area contributed by atoms with Crippen molar-refractivity contribution in [3.05, 3.63) is 53.9 Å². The third-order valence-electron chi connectivity index (χ3n) is 3.52. The Morgan fingerprint density at radius 3 is 2.90 bits per heavy atom. The summed E-state index contributed by atoms with van der Waals surface area (Å²) in [6.45, 7) is 2.09. The van der Waals surface area contributed by atoms with Crippen LogP contribution in [0.1, 0.15) is 35.4 Å². The molecule has 21 heavy (non-hydrogen) atoms. The van der Waals surface area contributed by atoms with Gasteiger partial charge >= 0.3 is 0 Å². The van der Waals surface area contributed by atoms with Crippen LogP contribution in [0.25, 0.3) is 10.9 Å². The molecule has 1 aromatic carbocycles. The Labute approximate surface area is 122 Å². The summed E-state index contributed by atoms with van der Waals surface area (Å²) in [6, 6.07) is 11.4. The van der Waals surface area contributed by atoms with Crippen molar-refractivity contribution in [1.29, 1.82) is 0 Å². The fourth-order valence-electron chi connectivity index (χ4n) is 2.45. The van der Waals surface area contributed by atoms with Crippen LogP contribution < -0.4 is 5.32 Å². The van der Waals surface area contributed by atoms with Gasteiger partial charge in [0.15, 0.2) is 6.29 Å². The normalized spacial score (nSPS) is 12.2. The van der Waals surface area contributed by atoms with E-state index in [1.807, 2.05) is 30.3 Å². The third kappa shape index (κ3) is 2.50. The van der Waals surface area contributed by atoms with Crippen LogP contribution in [0.15, 0.2) is 42.6 Å². The fraction of sp³-hybridized carbons (Fsp3) is 0.188. The molecule has 1 atom stereocenters. The Morgan fingerprint density at radius 2 is 2.19 bits per heavy atom. The van der Waals surface area contributed by atoms with Crippen LogP contribution in [0.2, 0.25) is 0 Å². The van der Waals surface area contributed by atoms with Gasteiger partial charge in [-0.3, -0.25) is 9.89 Å². The summed E-state index contributed by atoms with van der Waals surface area (Å²) in [7, 11) is 0. The topological polar surface area (TPSA) is 70.7 Å². The monoisotopic (exact) mass is 280 g/mol. The van der Waals surface area contributed by atoms with Crippen LogP contribution >= 0.6 is 0 Å². The highest BCUT2D eigenvalue weighted by Crippen LogP contribution is 2.27. The lowest BCUT2D eigenvalue weighted by Gasteiger charge is -2.16. The summed E-state index contributed by atoms with van der Waals surface area (Å²) < 4.78 is 0. The van der Waals surface area contributed by atoms with Crippen LogP contribution in [0.5, 0.6) is 0 Å². The average molecular weight is 280 g/mol. The van der Waals surface area contributed by atoms with E-state index >= 15 is 0 Å². The number of aromatic nitrogens is 3. The Kier molecular flexibility index (Phi) is 3.64. The van der Waals surface area contributed by atoms with Crippen molar-refractivity contribution in [2.75, 3.05) is 5.32 Å². The summed E-state index contributed by atoms with van der Waals surface area (Å²) in [5.41, 5.74) is 2.29. The van der Waals surface area contributed by atoms with E-state index in [-0.39, 0.29) is 6.04 Å². The molecule has 1 unspecified atom stereocenters. The summed E-state index contributed by atoms with van der Waals surface area (Å²) in [5, 5.41) is 11.7. The minimum Gasteiger partial charge on any atom is -0.362 e. The second kappa shape index (κ2) is 5.75. The maximum absolute atomic E-state index is 11.1. The predicted octanol–water partition coefficient (Wildman–Crippen LogP) is 3.33. The number of H-pyrrole nitrogens is 1. The Morgan fingerprint density at radius 1 is 1.29 bits per heavy atom. The van der Waals surface area contributed by atoms with Crippen molar-refractivity contribution in [1.82, 2.24) is 15.2 Å². The highest BCUT2D eigenvalue weighted by molar-refractivity contribution is 5.96. The number of pyridine rings is 1. The number of nitrogens with zero attached hydrogens (tertiary/aromatic N) is 2. The van der Waals surface area contributed by atoms with Gasteiger partial charge in [0.2, 0.25) is 0 Å². The van der Waals surface area contributed by atoms with E-state index in [0.29, 0.717) is 11.1 Å². The van der Waals surface area contributed by atoms with Gasteiger partial charge in [0.25, 0.3) is 0 Å². The number of hydrogen-bond donors (Lipinski definition) is 2. The summed E-state index contributed by atoms with van der Waals surface area (Å²) >= 11 is 0. The molecule has 0 fully saturated rings. The van der Waals surface area contributed by atoms with Gasteiger partial charge in [-0.2, -0.15) is 5.10 Å². The van der Waals surface area contributed by atoms with Crippen molar-refractivity contribution >= 4 is 23.0 Å². The van der Waals surface area contributed by atoms with E-state index in [1.165, 1.54) is 0 Å². The first-order valence-corrected chi connectivity index (χ1v) is 6.93. The lowest BCUT2D eigenvalue weighted by molar-refractivity contribution is 0.112. The van der Waals surface area contributed by atoms with E-state index in [4.69, 9.17) is 0 Å². The molecule has 0 radical (unpaired) electrons. The first-order valence-electron chi connectivity index (χ1n) is 6.93. The molecule has 0 aliphatic rings. The van der Waals surface area contributed by atoms with E-state index < -0.39 is 0 Å². The van der Waals surface area contributed by atoms with Gasteiger partial charge in [0.1, 0.15) is 11.3 Å². The van der Waals surface area contributed by atoms with Crippen molar-refractivity contribution < 1.29 is 4.79 Å². The molecule has 5 heteroatoms. The van der Waals surface area contributed by atoms with Crippen molar-refractivity contribution in [2.45, 2.75) is 19.4 Å². The number of rotatable bonds is 5. The van der Waals surface area contributed by atoms with Gasteiger partial charge in [0, 0.05) is 17.1 Å². The predicted molar refractivity (Wildman–Crippen MR) is 82.4 cm³/mol. The number of fused-ring (bicyclic) bond motifs is 1. The van der Waals surface area contributed by atoms with E-state index in [9.17, 15) is 4.79 Å². The molecule has 2 aromatic heterocycles. The minimum atomic E-state index is 0.0619. The molecule has 0 amide bonds. The molecule has 0 aliphatic carbocycles. The minimum absolute atomic E-state index is 0.0619. The summed E-state index contributed by atoms with van der Waals surface area (Å²) in [6.07, 6.45) is 3.46. The zero-order chi connectivity index (χ0) is 14.7. The van der Waals surface area contributed by atoms with Crippen LogP contribution in [0.3, 0.4) is 0 Å². The van der Waals surface area contributed by atoms with Gasteiger partial charge in [-0.25, -0.2) is 4.98 Å².